The highest BCUT2D eigenvalue weighted by Gasteiger charge is 2.31. The fourth-order valence-electron chi connectivity index (χ4n) is 4.75. The number of benzene rings is 1. The van der Waals surface area contributed by atoms with E-state index in [0.29, 0.717) is 31.4 Å². The van der Waals surface area contributed by atoms with E-state index in [-0.39, 0.29) is 5.78 Å². The lowest BCUT2D eigenvalue weighted by Gasteiger charge is -2.30. The molecule has 0 saturated carbocycles. The molecule has 1 aliphatic rings. The van der Waals surface area contributed by atoms with Gasteiger partial charge >= 0.3 is 0 Å². The summed E-state index contributed by atoms with van der Waals surface area (Å²) >= 11 is 1.73. The van der Waals surface area contributed by atoms with Gasteiger partial charge in [0.25, 0.3) is 0 Å². The average molecular weight is 472 g/mol. The van der Waals surface area contributed by atoms with Crippen LogP contribution in [0.25, 0.3) is 0 Å². The summed E-state index contributed by atoms with van der Waals surface area (Å²) in [6.07, 6.45) is 5.48. The van der Waals surface area contributed by atoms with Crippen molar-refractivity contribution in [2.75, 3.05) is 19.8 Å². The molecule has 2 aromatic rings. The third-order valence-corrected chi connectivity index (χ3v) is 7.92. The van der Waals surface area contributed by atoms with Crippen molar-refractivity contribution in [1.82, 2.24) is 5.32 Å². The molecule has 180 valence electrons. The van der Waals surface area contributed by atoms with Crippen molar-refractivity contribution >= 4 is 23.0 Å². The van der Waals surface area contributed by atoms with Gasteiger partial charge in [-0.1, -0.05) is 32.9 Å². The van der Waals surface area contributed by atoms with E-state index in [4.69, 9.17) is 9.84 Å². The van der Waals surface area contributed by atoms with Crippen molar-refractivity contribution in [3.05, 3.63) is 49.7 Å². The van der Waals surface area contributed by atoms with Gasteiger partial charge in [0.15, 0.2) is 5.78 Å². The van der Waals surface area contributed by atoms with Crippen molar-refractivity contribution < 1.29 is 19.4 Å². The number of ether oxygens (including phenoxy) is 1. The topological polar surface area (TPSA) is 75.6 Å². The number of fused-ring (bicyclic) bond motifs is 1. The molecule has 1 heterocycles. The van der Waals surface area contributed by atoms with Crippen molar-refractivity contribution in [2.45, 2.75) is 73.1 Å². The minimum absolute atomic E-state index is 0.269. The number of amides is 1. The molecule has 3 rings (SSSR count). The fraction of sp³-hybridized carbons (Fsp3) is 0.556. The molecule has 5 nitrogen and oxygen atoms in total. The summed E-state index contributed by atoms with van der Waals surface area (Å²) in [6, 6.07) is 4.18. The van der Waals surface area contributed by atoms with Gasteiger partial charge in [0.05, 0.1) is 11.4 Å². The Labute approximate surface area is 201 Å². The normalized spacial score (nSPS) is 14.6. The van der Waals surface area contributed by atoms with Crippen LogP contribution < -0.4 is 10.1 Å². The molecule has 0 bridgehead atoms. The lowest BCUT2D eigenvalue weighted by molar-refractivity contribution is -0.123. The summed E-state index contributed by atoms with van der Waals surface area (Å²) in [5.41, 5.74) is 6.28. The third kappa shape index (κ3) is 6.24. The third-order valence-electron chi connectivity index (χ3n) is 6.46. The predicted molar refractivity (Wildman–Crippen MR) is 134 cm³/mol. The van der Waals surface area contributed by atoms with Crippen LogP contribution in [0.5, 0.6) is 5.75 Å². The molecule has 1 aromatic heterocycles. The first-order chi connectivity index (χ1) is 15.6. The number of carbonyl (C=O) groups is 2. The van der Waals surface area contributed by atoms with E-state index in [2.05, 4.69) is 38.2 Å². The van der Waals surface area contributed by atoms with Crippen LogP contribution in [0.15, 0.2) is 12.1 Å². The number of aliphatic hydroxyl groups excluding tert-OH is 1. The van der Waals surface area contributed by atoms with Crippen molar-refractivity contribution in [3.63, 3.8) is 0 Å². The number of Topliss-reactive ketones (excluding diaryl/α,β-unsaturated/α-hetero) is 1. The van der Waals surface area contributed by atoms with Crippen molar-refractivity contribution in [2.24, 2.45) is 5.41 Å². The Balaban J connectivity index is 1.64. The Kier molecular flexibility index (Phi) is 8.35. The molecule has 0 atom stereocenters. The minimum Gasteiger partial charge on any atom is -0.491 e. The first kappa shape index (κ1) is 25.4. The smallest absolute Gasteiger partial charge is 0.245 e. The Hall–Kier alpha value is -2.18. The fourth-order valence-corrected chi connectivity index (χ4v) is 6.02. The van der Waals surface area contributed by atoms with Gasteiger partial charge in [-0.25, -0.2) is 0 Å². The van der Waals surface area contributed by atoms with E-state index >= 15 is 0 Å². The number of thiophene rings is 1. The zero-order valence-electron chi connectivity index (χ0n) is 20.6. The molecule has 33 heavy (non-hydrogen) atoms. The van der Waals surface area contributed by atoms with Gasteiger partial charge in [0, 0.05) is 11.3 Å². The van der Waals surface area contributed by atoms with Crippen LogP contribution in [0.3, 0.4) is 0 Å². The number of hydrogen-bond acceptors (Lipinski definition) is 5. The first-order valence-electron chi connectivity index (χ1n) is 11.9. The standard InChI is InChI=1S/C27H37NO4S/c1-6-23-21-15-27(4,5)10-9-20(21)26(33-23)22(30)8-7-19-13-17(2)25(18(3)14-19)32-12-11-28-24(31)16-29/h13-14,29H,6-12,15-16H2,1-5H3,(H,28,31). The molecule has 0 fully saturated rings. The number of ketones is 1. The minimum atomic E-state index is -0.516. The Morgan fingerprint density at radius 2 is 1.88 bits per heavy atom. The molecule has 0 radical (unpaired) electrons. The Bertz CT molecular complexity index is 998. The van der Waals surface area contributed by atoms with Gasteiger partial charge < -0.3 is 15.2 Å². The zero-order valence-corrected chi connectivity index (χ0v) is 21.4. The van der Waals surface area contributed by atoms with Crippen LogP contribution in [0.1, 0.15) is 76.0 Å². The molecule has 0 aliphatic heterocycles. The summed E-state index contributed by atoms with van der Waals surface area (Å²) in [5, 5.41) is 11.3. The summed E-state index contributed by atoms with van der Waals surface area (Å²) in [5.74, 6) is 0.672. The number of hydrogen-bond donors (Lipinski definition) is 2. The number of aryl methyl sites for hydroxylation is 4. The van der Waals surface area contributed by atoms with Crippen LogP contribution in [0, 0.1) is 19.3 Å². The number of aliphatic hydroxyl groups is 1. The molecule has 6 heteroatoms. The summed E-state index contributed by atoms with van der Waals surface area (Å²) in [6.45, 7) is 11.0. The molecule has 0 unspecified atom stereocenters. The zero-order chi connectivity index (χ0) is 24.2. The summed E-state index contributed by atoms with van der Waals surface area (Å²) in [7, 11) is 0. The Morgan fingerprint density at radius 3 is 2.52 bits per heavy atom. The number of nitrogens with one attached hydrogen (secondary N) is 1. The van der Waals surface area contributed by atoms with E-state index in [9.17, 15) is 9.59 Å². The average Bonchev–Trinajstić information content (AvgIpc) is 3.12. The molecule has 1 amide bonds. The van der Waals surface area contributed by atoms with Gasteiger partial charge in [-0.2, -0.15) is 0 Å². The van der Waals surface area contributed by atoms with E-state index in [1.165, 1.54) is 16.0 Å². The second-order valence-corrected chi connectivity index (χ2v) is 10.9. The van der Waals surface area contributed by atoms with Crippen LogP contribution in [0.2, 0.25) is 0 Å². The molecule has 1 aliphatic carbocycles. The maximum atomic E-state index is 13.2. The Morgan fingerprint density at radius 1 is 1.18 bits per heavy atom. The summed E-state index contributed by atoms with van der Waals surface area (Å²) < 4.78 is 5.84. The monoisotopic (exact) mass is 471 g/mol. The quantitative estimate of drug-likeness (QED) is 0.387. The highest BCUT2D eigenvalue weighted by atomic mass is 32.1. The van der Waals surface area contributed by atoms with Gasteiger partial charge in [-0.05, 0) is 79.2 Å². The molecule has 0 spiro atoms. The SMILES string of the molecule is CCc1sc(C(=O)CCc2cc(C)c(OCCNC(=O)CO)c(C)c2)c2c1CC(C)(C)CC2. The molecule has 0 saturated heterocycles. The van der Waals surface area contributed by atoms with E-state index in [0.717, 1.165) is 53.0 Å². The van der Waals surface area contributed by atoms with Crippen molar-refractivity contribution in [3.8, 4) is 5.75 Å². The van der Waals surface area contributed by atoms with E-state index < -0.39 is 12.5 Å². The highest BCUT2D eigenvalue weighted by molar-refractivity contribution is 7.14. The maximum Gasteiger partial charge on any atom is 0.245 e. The van der Waals surface area contributed by atoms with Crippen LogP contribution in [-0.4, -0.2) is 36.6 Å². The second-order valence-electron chi connectivity index (χ2n) is 9.84. The number of rotatable bonds is 10. The molecular formula is C27H37NO4S. The van der Waals surface area contributed by atoms with E-state index in [1.807, 2.05) is 13.8 Å². The molecular weight excluding hydrogens is 434 g/mol. The maximum absolute atomic E-state index is 13.2. The van der Waals surface area contributed by atoms with Crippen molar-refractivity contribution in [1.29, 1.82) is 0 Å². The lowest BCUT2D eigenvalue weighted by Crippen LogP contribution is -2.30. The van der Waals surface area contributed by atoms with E-state index in [1.54, 1.807) is 11.3 Å². The van der Waals surface area contributed by atoms with Gasteiger partial charge in [-0.15, -0.1) is 11.3 Å². The van der Waals surface area contributed by atoms with Crippen LogP contribution in [-0.2, 0) is 30.5 Å². The largest absolute Gasteiger partial charge is 0.491 e. The predicted octanol–water partition coefficient (Wildman–Crippen LogP) is 4.75. The van der Waals surface area contributed by atoms with Gasteiger partial charge in [0.2, 0.25) is 5.91 Å². The summed E-state index contributed by atoms with van der Waals surface area (Å²) in [4.78, 5) is 26.7. The number of carbonyl (C=O) groups excluding carboxylic acids is 2. The van der Waals surface area contributed by atoms with Gasteiger partial charge in [-0.3, -0.25) is 9.59 Å². The highest BCUT2D eigenvalue weighted by Crippen LogP contribution is 2.42. The second kappa shape index (κ2) is 10.8. The first-order valence-corrected chi connectivity index (χ1v) is 12.7. The van der Waals surface area contributed by atoms with Gasteiger partial charge in [0.1, 0.15) is 19.0 Å². The molecule has 2 N–H and O–H groups in total. The van der Waals surface area contributed by atoms with Crippen LogP contribution >= 0.6 is 11.3 Å². The lowest BCUT2D eigenvalue weighted by atomic mass is 9.74. The molecule has 1 aromatic carbocycles. The van der Waals surface area contributed by atoms with Crippen LogP contribution in [0.4, 0.5) is 0 Å².